The molecule has 0 unspecified atom stereocenters. The predicted molar refractivity (Wildman–Crippen MR) is 61.8 cm³/mol. The van der Waals surface area contributed by atoms with Gasteiger partial charge in [0.1, 0.15) is 0 Å². The van der Waals surface area contributed by atoms with Crippen LogP contribution in [-0.2, 0) is 6.54 Å². The fourth-order valence-electron chi connectivity index (χ4n) is 2.07. The van der Waals surface area contributed by atoms with Crippen LogP contribution in [0.15, 0.2) is 24.3 Å². The third-order valence-electron chi connectivity index (χ3n) is 2.95. The Morgan fingerprint density at radius 3 is 2.33 bits per heavy atom. The van der Waals surface area contributed by atoms with E-state index in [1.807, 2.05) is 12.1 Å². The number of piperidine rings is 1. The zero-order valence-corrected chi connectivity index (χ0v) is 9.00. The Hall–Kier alpha value is -1.26. The normalized spacial score (nSPS) is 17.3. The maximum Gasteiger partial charge on any atom is 0.0255 e. The Balaban J connectivity index is 1.95. The molecule has 1 aliphatic heterocycles. The highest BCUT2D eigenvalue weighted by molar-refractivity contribution is 5.32. The van der Waals surface area contributed by atoms with E-state index >= 15 is 0 Å². The highest BCUT2D eigenvalue weighted by atomic mass is 15.1. The van der Waals surface area contributed by atoms with Crippen LogP contribution >= 0.6 is 0 Å². The van der Waals surface area contributed by atoms with Gasteiger partial charge in [-0.05, 0) is 50.1 Å². The van der Waals surface area contributed by atoms with Crippen molar-refractivity contribution in [2.24, 2.45) is 0 Å². The van der Waals surface area contributed by atoms with Crippen LogP contribution in [0, 0.1) is 12.3 Å². The maximum absolute atomic E-state index is 7.01. The summed E-state index contributed by atoms with van der Waals surface area (Å²) >= 11 is 0. The Bertz CT molecular complexity index is 339. The van der Waals surface area contributed by atoms with Gasteiger partial charge in [0, 0.05) is 12.1 Å². The highest BCUT2D eigenvalue weighted by Crippen LogP contribution is 2.13. The van der Waals surface area contributed by atoms with Gasteiger partial charge in [0.15, 0.2) is 0 Å². The van der Waals surface area contributed by atoms with Crippen LogP contribution in [0.25, 0.3) is 0 Å². The lowest BCUT2D eigenvalue weighted by atomic mass is 10.1. The van der Waals surface area contributed by atoms with Gasteiger partial charge >= 0.3 is 0 Å². The van der Waals surface area contributed by atoms with Gasteiger partial charge in [0.05, 0.1) is 0 Å². The zero-order chi connectivity index (χ0) is 10.5. The quantitative estimate of drug-likeness (QED) is 0.660. The highest BCUT2D eigenvalue weighted by Gasteiger charge is 2.09. The lowest BCUT2D eigenvalue weighted by Crippen LogP contribution is -2.29. The molecule has 2 rings (SSSR count). The molecular weight excluding hydrogens is 182 g/mol. The minimum Gasteiger partial charge on any atom is -0.299 e. The summed E-state index contributed by atoms with van der Waals surface area (Å²) in [5.74, 6) is 2.39. The standard InChI is InChI=1S/C14H16N/c1-2-13-6-8-14(9-7-13)12-15-10-4-3-5-11-15/h6-9H,3-5,10-12H2. The second-order valence-electron chi connectivity index (χ2n) is 4.16. The van der Waals surface area contributed by atoms with Gasteiger partial charge in [-0.25, -0.2) is 0 Å². The van der Waals surface area contributed by atoms with Crippen LogP contribution in [0.1, 0.15) is 30.4 Å². The van der Waals surface area contributed by atoms with Crippen LogP contribution in [0.4, 0.5) is 0 Å². The van der Waals surface area contributed by atoms with Crippen LogP contribution in [0.3, 0.4) is 0 Å². The molecule has 0 spiro atoms. The fourth-order valence-corrected chi connectivity index (χ4v) is 2.07. The first-order valence-corrected chi connectivity index (χ1v) is 5.62. The molecule has 0 atom stereocenters. The van der Waals surface area contributed by atoms with Crippen molar-refractivity contribution in [3.63, 3.8) is 0 Å². The fraction of sp³-hybridized carbons (Fsp3) is 0.429. The Labute approximate surface area is 92.1 Å². The van der Waals surface area contributed by atoms with Crippen LogP contribution < -0.4 is 0 Å². The zero-order valence-electron chi connectivity index (χ0n) is 9.00. The summed E-state index contributed by atoms with van der Waals surface area (Å²) in [7, 11) is 0. The van der Waals surface area contributed by atoms with Gasteiger partial charge in [-0.15, -0.1) is 0 Å². The summed E-state index contributed by atoms with van der Waals surface area (Å²) in [5, 5.41) is 0. The van der Waals surface area contributed by atoms with E-state index in [-0.39, 0.29) is 0 Å². The average molecular weight is 198 g/mol. The summed E-state index contributed by atoms with van der Waals surface area (Å²) in [6.07, 6.45) is 11.1. The van der Waals surface area contributed by atoms with E-state index in [1.165, 1.54) is 37.9 Å². The molecule has 1 aromatic rings. The molecule has 1 nitrogen and oxygen atoms in total. The SMILES string of the molecule is [C]#Cc1ccc(CN2CCCCC2)cc1. The summed E-state index contributed by atoms with van der Waals surface area (Å²) < 4.78 is 0. The van der Waals surface area contributed by atoms with Crippen LogP contribution in [-0.4, -0.2) is 18.0 Å². The topological polar surface area (TPSA) is 3.24 Å². The molecule has 0 saturated carbocycles. The number of likely N-dealkylation sites (tertiary alicyclic amines) is 1. The van der Waals surface area contributed by atoms with Gasteiger partial charge in [-0.2, -0.15) is 0 Å². The molecule has 0 aliphatic carbocycles. The lowest BCUT2D eigenvalue weighted by Gasteiger charge is -2.26. The molecule has 1 heterocycles. The smallest absolute Gasteiger partial charge is 0.0255 e. The molecule has 0 N–H and O–H groups in total. The van der Waals surface area contributed by atoms with Crippen LogP contribution in [0.5, 0.6) is 0 Å². The molecule has 77 valence electrons. The largest absolute Gasteiger partial charge is 0.299 e. The monoisotopic (exact) mass is 198 g/mol. The van der Waals surface area contributed by atoms with E-state index in [0.29, 0.717) is 0 Å². The summed E-state index contributed by atoms with van der Waals surface area (Å²) in [6.45, 7) is 3.52. The first-order valence-electron chi connectivity index (χ1n) is 5.62. The number of benzene rings is 1. The van der Waals surface area contributed by atoms with Gasteiger partial charge in [-0.3, -0.25) is 4.90 Å². The Kier molecular flexibility index (Phi) is 3.42. The molecule has 1 fully saturated rings. The molecule has 1 saturated heterocycles. The van der Waals surface area contributed by atoms with Crippen molar-refractivity contribution in [3.05, 3.63) is 41.8 Å². The molecule has 0 bridgehead atoms. The van der Waals surface area contributed by atoms with E-state index in [9.17, 15) is 0 Å². The molecule has 0 aromatic heterocycles. The second kappa shape index (κ2) is 5.00. The molecule has 0 amide bonds. The van der Waals surface area contributed by atoms with Crippen molar-refractivity contribution in [2.45, 2.75) is 25.8 Å². The van der Waals surface area contributed by atoms with E-state index in [0.717, 1.165) is 12.1 Å². The van der Waals surface area contributed by atoms with E-state index in [4.69, 9.17) is 6.42 Å². The third kappa shape index (κ3) is 2.84. The predicted octanol–water partition coefficient (Wildman–Crippen LogP) is 2.61. The number of nitrogens with zero attached hydrogens (tertiary/aromatic N) is 1. The molecule has 15 heavy (non-hydrogen) atoms. The average Bonchev–Trinajstić information content (AvgIpc) is 2.31. The van der Waals surface area contributed by atoms with E-state index in [2.05, 4.69) is 23.0 Å². The second-order valence-corrected chi connectivity index (χ2v) is 4.16. The number of rotatable bonds is 2. The Morgan fingerprint density at radius 2 is 1.73 bits per heavy atom. The van der Waals surface area contributed by atoms with Crippen molar-refractivity contribution < 1.29 is 0 Å². The van der Waals surface area contributed by atoms with Crippen molar-refractivity contribution in [3.8, 4) is 5.92 Å². The van der Waals surface area contributed by atoms with Gasteiger partial charge < -0.3 is 0 Å². The minimum atomic E-state index is 0.859. The minimum absolute atomic E-state index is 0.859. The van der Waals surface area contributed by atoms with Gasteiger partial charge in [0.2, 0.25) is 0 Å². The van der Waals surface area contributed by atoms with Gasteiger partial charge in [0.25, 0.3) is 0 Å². The Morgan fingerprint density at radius 1 is 1.07 bits per heavy atom. The van der Waals surface area contributed by atoms with Crippen molar-refractivity contribution in [1.82, 2.24) is 4.90 Å². The number of hydrogen-bond acceptors (Lipinski definition) is 1. The van der Waals surface area contributed by atoms with Crippen molar-refractivity contribution in [2.75, 3.05) is 13.1 Å². The third-order valence-corrected chi connectivity index (χ3v) is 2.95. The molecular formula is C14H16N. The maximum atomic E-state index is 7.01. The molecule has 1 heteroatoms. The van der Waals surface area contributed by atoms with Crippen molar-refractivity contribution in [1.29, 1.82) is 0 Å². The lowest BCUT2D eigenvalue weighted by molar-refractivity contribution is 0.221. The van der Waals surface area contributed by atoms with Crippen molar-refractivity contribution >= 4 is 0 Å². The first kappa shape index (κ1) is 10.3. The summed E-state index contributed by atoms with van der Waals surface area (Å²) in [5.41, 5.74) is 2.20. The molecule has 1 aliphatic rings. The van der Waals surface area contributed by atoms with E-state index < -0.39 is 0 Å². The van der Waals surface area contributed by atoms with E-state index in [1.54, 1.807) is 0 Å². The summed E-state index contributed by atoms with van der Waals surface area (Å²) in [6, 6.07) is 8.13. The first-order chi connectivity index (χ1) is 7.38. The summed E-state index contributed by atoms with van der Waals surface area (Å²) in [4.78, 5) is 2.51. The molecule has 1 aromatic carbocycles. The molecule has 1 radical (unpaired) electrons. The van der Waals surface area contributed by atoms with Crippen LogP contribution in [0.2, 0.25) is 0 Å². The van der Waals surface area contributed by atoms with Gasteiger partial charge in [-0.1, -0.05) is 24.5 Å². The number of hydrogen-bond donors (Lipinski definition) is 0.